The number of aryl methyl sites for hydroxylation is 1. The number of primary amides is 1. The number of aromatic nitrogens is 2. The summed E-state index contributed by atoms with van der Waals surface area (Å²) in [6.45, 7) is 0. The van der Waals surface area contributed by atoms with E-state index in [1.165, 1.54) is 11.8 Å². The zero-order valence-electron chi connectivity index (χ0n) is 10.9. The molecule has 20 heavy (non-hydrogen) atoms. The standard InChI is InChI=1S/C13H14N4O2S/c1-17-7-6-12(16-17)15-13(19)9-4-2-3-5-10(9)20-8-11(14)18/h2-7H,8H2,1H3,(H2,14,18)(H,15,16,19). The maximum atomic E-state index is 12.2. The Morgan fingerprint density at radius 1 is 1.35 bits per heavy atom. The van der Waals surface area contributed by atoms with Crippen molar-refractivity contribution in [1.29, 1.82) is 0 Å². The number of amides is 2. The number of nitrogens with zero attached hydrogens (tertiary/aromatic N) is 2. The van der Waals surface area contributed by atoms with E-state index in [1.807, 2.05) is 0 Å². The SMILES string of the molecule is Cn1ccc(NC(=O)c2ccccc2SCC(N)=O)n1. The van der Waals surface area contributed by atoms with Crippen molar-refractivity contribution in [2.24, 2.45) is 12.8 Å². The number of nitrogens with two attached hydrogens (primary N) is 1. The summed E-state index contributed by atoms with van der Waals surface area (Å²) < 4.78 is 1.60. The van der Waals surface area contributed by atoms with Crippen molar-refractivity contribution in [3.63, 3.8) is 0 Å². The molecule has 0 aliphatic rings. The van der Waals surface area contributed by atoms with Gasteiger partial charge < -0.3 is 11.1 Å². The summed E-state index contributed by atoms with van der Waals surface area (Å²) in [5, 5.41) is 6.79. The third kappa shape index (κ3) is 3.61. The van der Waals surface area contributed by atoms with E-state index in [-0.39, 0.29) is 11.7 Å². The van der Waals surface area contributed by atoms with Gasteiger partial charge in [0.25, 0.3) is 5.91 Å². The van der Waals surface area contributed by atoms with Gasteiger partial charge in [0.1, 0.15) is 0 Å². The molecule has 0 fully saturated rings. The molecule has 7 heteroatoms. The van der Waals surface area contributed by atoms with E-state index in [0.717, 1.165) is 0 Å². The fourth-order valence-electron chi connectivity index (χ4n) is 1.59. The molecule has 1 heterocycles. The number of benzene rings is 1. The van der Waals surface area contributed by atoms with Gasteiger partial charge in [0.05, 0.1) is 11.3 Å². The van der Waals surface area contributed by atoms with Crippen molar-refractivity contribution in [2.75, 3.05) is 11.1 Å². The third-order valence-corrected chi connectivity index (χ3v) is 3.55. The molecular weight excluding hydrogens is 276 g/mol. The van der Waals surface area contributed by atoms with Gasteiger partial charge in [0.2, 0.25) is 5.91 Å². The Bertz CT molecular complexity index is 639. The molecule has 1 aromatic heterocycles. The molecule has 2 aromatic rings. The van der Waals surface area contributed by atoms with E-state index < -0.39 is 5.91 Å². The van der Waals surface area contributed by atoms with Crippen molar-refractivity contribution >= 4 is 29.4 Å². The van der Waals surface area contributed by atoms with Crippen LogP contribution in [0.3, 0.4) is 0 Å². The van der Waals surface area contributed by atoms with Crippen LogP contribution in [-0.2, 0) is 11.8 Å². The van der Waals surface area contributed by atoms with Crippen LogP contribution in [-0.4, -0.2) is 27.3 Å². The largest absolute Gasteiger partial charge is 0.369 e. The summed E-state index contributed by atoms with van der Waals surface area (Å²) in [7, 11) is 1.77. The second-order valence-electron chi connectivity index (χ2n) is 4.08. The number of carbonyl (C=O) groups is 2. The normalized spacial score (nSPS) is 10.2. The minimum absolute atomic E-state index is 0.133. The fraction of sp³-hybridized carbons (Fsp3) is 0.154. The van der Waals surface area contributed by atoms with Gasteiger partial charge in [0, 0.05) is 24.2 Å². The van der Waals surface area contributed by atoms with Crippen LogP contribution in [0.15, 0.2) is 41.4 Å². The Labute approximate surface area is 120 Å². The molecule has 0 saturated heterocycles. The van der Waals surface area contributed by atoms with Crippen LogP contribution in [0.1, 0.15) is 10.4 Å². The summed E-state index contributed by atoms with van der Waals surface area (Å²) in [6.07, 6.45) is 1.74. The predicted molar refractivity (Wildman–Crippen MR) is 77.5 cm³/mol. The summed E-state index contributed by atoms with van der Waals surface area (Å²) in [6, 6.07) is 8.75. The smallest absolute Gasteiger partial charge is 0.257 e. The maximum absolute atomic E-state index is 12.2. The van der Waals surface area contributed by atoms with Crippen LogP contribution < -0.4 is 11.1 Å². The molecule has 0 saturated carbocycles. The fourth-order valence-corrected chi connectivity index (χ4v) is 2.38. The molecule has 6 nitrogen and oxygen atoms in total. The highest BCUT2D eigenvalue weighted by atomic mass is 32.2. The summed E-state index contributed by atoms with van der Waals surface area (Å²) in [5.74, 6) is -0.0770. The van der Waals surface area contributed by atoms with E-state index >= 15 is 0 Å². The van der Waals surface area contributed by atoms with Gasteiger partial charge in [0.15, 0.2) is 5.82 Å². The number of hydrogen-bond acceptors (Lipinski definition) is 4. The van der Waals surface area contributed by atoms with Crippen LogP contribution >= 0.6 is 11.8 Å². The van der Waals surface area contributed by atoms with Crippen molar-refractivity contribution in [3.8, 4) is 0 Å². The summed E-state index contributed by atoms with van der Waals surface area (Å²) in [4.78, 5) is 23.7. The third-order valence-electron chi connectivity index (χ3n) is 2.46. The van der Waals surface area contributed by atoms with Crippen LogP contribution in [0.5, 0.6) is 0 Å². The number of hydrogen-bond donors (Lipinski definition) is 2. The Morgan fingerprint density at radius 3 is 2.75 bits per heavy atom. The Hall–Kier alpha value is -2.28. The molecule has 0 spiro atoms. The quantitative estimate of drug-likeness (QED) is 0.811. The zero-order valence-corrected chi connectivity index (χ0v) is 11.7. The molecule has 2 amide bonds. The molecular formula is C13H14N4O2S. The Balaban J connectivity index is 2.14. The molecule has 3 N–H and O–H groups in total. The molecule has 0 unspecified atom stereocenters. The lowest BCUT2D eigenvalue weighted by Gasteiger charge is -2.07. The second-order valence-corrected chi connectivity index (χ2v) is 5.10. The van der Waals surface area contributed by atoms with Crippen LogP contribution in [0.2, 0.25) is 0 Å². The highest BCUT2D eigenvalue weighted by molar-refractivity contribution is 8.00. The van der Waals surface area contributed by atoms with Gasteiger partial charge in [-0.15, -0.1) is 11.8 Å². The summed E-state index contributed by atoms with van der Waals surface area (Å²) in [5.41, 5.74) is 5.61. The van der Waals surface area contributed by atoms with E-state index in [4.69, 9.17) is 5.73 Å². The zero-order chi connectivity index (χ0) is 14.5. The molecule has 0 aliphatic heterocycles. The van der Waals surface area contributed by atoms with Crippen LogP contribution in [0, 0.1) is 0 Å². The minimum Gasteiger partial charge on any atom is -0.369 e. The number of thioether (sulfide) groups is 1. The van der Waals surface area contributed by atoms with Gasteiger partial charge in [-0.3, -0.25) is 14.3 Å². The van der Waals surface area contributed by atoms with Crippen molar-refractivity contribution in [2.45, 2.75) is 4.90 Å². The lowest BCUT2D eigenvalue weighted by molar-refractivity contribution is -0.115. The topological polar surface area (TPSA) is 90.0 Å². The average Bonchev–Trinajstić information content (AvgIpc) is 2.82. The molecule has 1 aromatic carbocycles. The highest BCUT2D eigenvalue weighted by Gasteiger charge is 2.13. The van der Waals surface area contributed by atoms with Crippen molar-refractivity contribution in [3.05, 3.63) is 42.1 Å². The van der Waals surface area contributed by atoms with Gasteiger partial charge in [-0.1, -0.05) is 12.1 Å². The number of anilines is 1. The van der Waals surface area contributed by atoms with E-state index in [0.29, 0.717) is 16.3 Å². The molecule has 2 rings (SSSR count). The highest BCUT2D eigenvalue weighted by Crippen LogP contribution is 2.23. The first-order valence-corrected chi connectivity index (χ1v) is 6.86. The van der Waals surface area contributed by atoms with Crippen LogP contribution in [0.25, 0.3) is 0 Å². The molecule has 104 valence electrons. The van der Waals surface area contributed by atoms with Gasteiger partial charge in [-0.25, -0.2) is 0 Å². The number of rotatable bonds is 5. The first kappa shape index (κ1) is 14.1. The first-order chi connectivity index (χ1) is 9.56. The lowest BCUT2D eigenvalue weighted by Crippen LogP contribution is -2.15. The van der Waals surface area contributed by atoms with Gasteiger partial charge >= 0.3 is 0 Å². The van der Waals surface area contributed by atoms with E-state index in [2.05, 4.69) is 10.4 Å². The van der Waals surface area contributed by atoms with Crippen LogP contribution in [0.4, 0.5) is 5.82 Å². The lowest BCUT2D eigenvalue weighted by atomic mass is 10.2. The summed E-state index contributed by atoms with van der Waals surface area (Å²) >= 11 is 1.24. The Morgan fingerprint density at radius 2 is 2.10 bits per heavy atom. The monoisotopic (exact) mass is 290 g/mol. The minimum atomic E-state index is -0.421. The van der Waals surface area contributed by atoms with Gasteiger partial charge in [-0.2, -0.15) is 5.10 Å². The first-order valence-electron chi connectivity index (χ1n) is 5.87. The Kier molecular flexibility index (Phi) is 4.41. The molecule has 0 radical (unpaired) electrons. The molecule has 0 aliphatic carbocycles. The van der Waals surface area contributed by atoms with E-state index in [1.54, 1.807) is 48.3 Å². The molecule has 0 atom stereocenters. The number of nitrogens with one attached hydrogen (secondary N) is 1. The average molecular weight is 290 g/mol. The van der Waals surface area contributed by atoms with E-state index in [9.17, 15) is 9.59 Å². The molecule has 0 bridgehead atoms. The maximum Gasteiger partial charge on any atom is 0.257 e. The van der Waals surface area contributed by atoms with Crippen molar-refractivity contribution in [1.82, 2.24) is 9.78 Å². The number of carbonyl (C=O) groups excluding carboxylic acids is 2. The second kappa shape index (κ2) is 6.25. The van der Waals surface area contributed by atoms with Crippen molar-refractivity contribution < 1.29 is 9.59 Å². The predicted octanol–water partition coefficient (Wildman–Crippen LogP) is 1.25. The van der Waals surface area contributed by atoms with Gasteiger partial charge in [-0.05, 0) is 12.1 Å².